The van der Waals surface area contributed by atoms with Crippen molar-refractivity contribution in [2.75, 3.05) is 25.0 Å². The maximum atomic E-state index is 12.4. The maximum Gasteiger partial charge on any atom is 0.237 e. The van der Waals surface area contributed by atoms with Gasteiger partial charge in [0.1, 0.15) is 6.04 Å². The molecule has 1 aromatic heterocycles. The lowest BCUT2D eigenvalue weighted by Gasteiger charge is -2.28. The van der Waals surface area contributed by atoms with E-state index in [-0.39, 0.29) is 24.0 Å². The first-order valence-corrected chi connectivity index (χ1v) is 9.54. The summed E-state index contributed by atoms with van der Waals surface area (Å²) < 4.78 is 0. The first kappa shape index (κ1) is 19.8. The fourth-order valence-corrected chi connectivity index (χ4v) is 3.18. The molecule has 3 rings (SSSR count). The van der Waals surface area contributed by atoms with Crippen LogP contribution in [0.5, 0.6) is 0 Å². The van der Waals surface area contributed by atoms with E-state index >= 15 is 0 Å². The van der Waals surface area contributed by atoms with Crippen LogP contribution in [0, 0.1) is 11.3 Å². The monoisotopic (exact) mass is 378 g/mol. The number of likely N-dealkylation sites (tertiary alicyclic amines) is 1. The van der Waals surface area contributed by atoms with Gasteiger partial charge in [-0.2, -0.15) is 5.26 Å². The molecule has 2 heterocycles. The summed E-state index contributed by atoms with van der Waals surface area (Å²) in [7, 11) is 0. The van der Waals surface area contributed by atoms with Gasteiger partial charge in [0, 0.05) is 36.6 Å². The van der Waals surface area contributed by atoms with Crippen LogP contribution in [0.1, 0.15) is 26.7 Å². The number of nitrogens with one attached hydrogen (secondary N) is 2. The topological polar surface area (TPSA) is 93.9 Å². The zero-order valence-corrected chi connectivity index (χ0v) is 16.4. The molecule has 146 valence electrons. The summed E-state index contributed by atoms with van der Waals surface area (Å²) in [6.45, 7) is 5.46. The summed E-state index contributed by atoms with van der Waals surface area (Å²) in [5.74, 6) is 0.519. The van der Waals surface area contributed by atoms with Crippen LogP contribution >= 0.6 is 0 Å². The standard InChI is InChI=1S/C21H26N6O/c1-21(2,26-14-19(28)27-10-6-9-18(27)11-22)15-25-20-23-12-17(13-24-20)16-7-4-3-5-8-16/h3-5,7-8,12-13,18,26H,6,9-10,14-15H2,1-2H3,(H,23,24,25)/t18-/m0/s1. The van der Waals surface area contributed by atoms with Crippen LogP contribution in [0.4, 0.5) is 5.95 Å². The van der Waals surface area contributed by atoms with Crippen molar-refractivity contribution in [3.8, 4) is 17.2 Å². The fraction of sp³-hybridized carbons (Fsp3) is 0.429. The Balaban J connectivity index is 1.49. The van der Waals surface area contributed by atoms with Crippen LogP contribution in [0.2, 0.25) is 0 Å². The molecule has 1 aliphatic heterocycles. The van der Waals surface area contributed by atoms with Crippen molar-refractivity contribution in [2.24, 2.45) is 0 Å². The number of carbonyl (C=O) groups excluding carboxylic acids is 1. The van der Waals surface area contributed by atoms with Crippen molar-refractivity contribution in [3.05, 3.63) is 42.7 Å². The number of nitriles is 1. The number of carbonyl (C=O) groups is 1. The third kappa shape index (κ3) is 5.05. The van der Waals surface area contributed by atoms with E-state index in [9.17, 15) is 4.79 Å². The molecule has 1 saturated heterocycles. The SMILES string of the molecule is CC(C)(CNc1ncc(-c2ccccc2)cn1)NCC(=O)N1CCC[C@H]1C#N. The Morgan fingerprint density at radius 3 is 2.64 bits per heavy atom. The average Bonchev–Trinajstić information content (AvgIpc) is 3.21. The molecule has 0 spiro atoms. The highest BCUT2D eigenvalue weighted by Gasteiger charge is 2.29. The third-order valence-electron chi connectivity index (χ3n) is 4.89. The van der Waals surface area contributed by atoms with Gasteiger partial charge >= 0.3 is 0 Å². The Morgan fingerprint density at radius 2 is 1.96 bits per heavy atom. The van der Waals surface area contributed by atoms with Crippen LogP contribution < -0.4 is 10.6 Å². The quantitative estimate of drug-likeness (QED) is 0.769. The molecule has 0 aliphatic carbocycles. The van der Waals surface area contributed by atoms with Crippen molar-refractivity contribution < 1.29 is 4.79 Å². The first-order chi connectivity index (χ1) is 13.5. The van der Waals surface area contributed by atoms with Gasteiger partial charge in [0.2, 0.25) is 11.9 Å². The van der Waals surface area contributed by atoms with Gasteiger partial charge < -0.3 is 15.5 Å². The van der Waals surface area contributed by atoms with E-state index in [1.807, 2.05) is 44.2 Å². The zero-order chi connectivity index (χ0) is 20.0. The van der Waals surface area contributed by atoms with Gasteiger partial charge in [-0.15, -0.1) is 0 Å². The normalized spacial score (nSPS) is 16.6. The predicted octanol–water partition coefficient (Wildman–Crippen LogP) is 2.44. The van der Waals surface area contributed by atoms with Gasteiger partial charge in [-0.05, 0) is 32.3 Å². The van der Waals surface area contributed by atoms with Crippen molar-refractivity contribution in [1.29, 1.82) is 5.26 Å². The minimum atomic E-state index is -0.334. The summed E-state index contributed by atoms with van der Waals surface area (Å²) in [4.78, 5) is 22.8. The Labute approximate surface area is 165 Å². The number of hydrogen-bond donors (Lipinski definition) is 2. The van der Waals surface area contributed by atoms with Crippen LogP contribution in [0.25, 0.3) is 11.1 Å². The summed E-state index contributed by atoms with van der Waals surface area (Å²) in [6.07, 6.45) is 5.25. The predicted molar refractivity (Wildman–Crippen MR) is 108 cm³/mol. The van der Waals surface area contributed by atoms with Crippen molar-refractivity contribution >= 4 is 11.9 Å². The van der Waals surface area contributed by atoms with Gasteiger partial charge in [0.05, 0.1) is 12.6 Å². The van der Waals surface area contributed by atoms with Crippen molar-refractivity contribution in [1.82, 2.24) is 20.2 Å². The lowest BCUT2D eigenvalue weighted by Crippen LogP contribution is -2.50. The van der Waals surface area contributed by atoms with E-state index < -0.39 is 0 Å². The highest BCUT2D eigenvalue weighted by Crippen LogP contribution is 2.18. The molecule has 2 N–H and O–H groups in total. The molecular weight excluding hydrogens is 352 g/mol. The molecule has 0 bridgehead atoms. The third-order valence-corrected chi connectivity index (χ3v) is 4.89. The number of aromatic nitrogens is 2. The Kier molecular flexibility index (Phi) is 6.22. The van der Waals surface area contributed by atoms with E-state index in [0.29, 0.717) is 19.0 Å². The first-order valence-electron chi connectivity index (χ1n) is 9.54. The van der Waals surface area contributed by atoms with Gasteiger partial charge in [-0.3, -0.25) is 4.79 Å². The number of benzene rings is 1. The molecule has 1 aromatic carbocycles. The fourth-order valence-electron chi connectivity index (χ4n) is 3.18. The molecule has 28 heavy (non-hydrogen) atoms. The van der Waals surface area contributed by atoms with Crippen LogP contribution in [-0.2, 0) is 4.79 Å². The average molecular weight is 378 g/mol. The zero-order valence-electron chi connectivity index (χ0n) is 16.4. The highest BCUT2D eigenvalue weighted by atomic mass is 16.2. The number of nitrogens with zero attached hydrogens (tertiary/aromatic N) is 4. The number of anilines is 1. The molecule has 1 fully saturated rings. The molecule has 2 aromatic rings. The Hall–Kier alpha value is -2.98. The number of hydrogen-bond acceptors (Lipinski definition) is 6. The minimum absolute atomic E-state index is 0.0272. The number of rotatable bonds is 7. The Morgan fingerprint density at radius 1 is 1.25 bits per heavy atom. The van der Waals surface area contributed by atoms with Crippen molar-refractivity contribution in [3.63, 3.8) is 0 Å². The summed E-state index contributed by atoms with van der Waals surface area (Å²) in [5.41, 5.74) is 1.71. The number of amides is 1. The van der Waals surface area contributed by atoms with Crippen LogP contribution in [0.15, 0.2) is 42.7 Å². The van der Waals surface area contributed by atoms with Gasteiger partial charge in [-0.1, -0.05) is 30.3 Å². The molecule has 1 atom stereocenters. The van der Waals surface area contributed by atoms with Crippen molar-refractivity contribution in [2.45, 2.75) is 38.3 Å². The second-order valence-electron chi connectivity index (χ2n) is 7.63. The van der Waals surface area contributed by atoms with E-state index in [1.54, 1.807) is 17.3 Å². The molecular formula is C21H26N6O. The molecule has 1 amide bonds. The molecule has 0 saturated carbocycles. The largest absolute Gasteiger partial charge is 0.352 e. The second kappa shape index (κ2) is 8.81. The van der Waals surface area contributed by atoms with E-state index in [1.165, 1.54) is 0 Å². The summed E-state index contributed by atoms with van der Waals surface area (Å²) in [5, 5.41) is 15.6. The molecule has 0 radical (unpaired) electrons. The lowest BCUT2D eigenvalue weighted by atomic mass is 10.1. The maximum absolute atomic E-state index is 12.4. The summed E-state index contributed by atoms with van der Waals surface area (Å²) in [6, 6.07) is 11.9. The van der Waals surface area contributed by atoms with E-state index in [0.717, 1.165) is 24.0 Å². The van der Waals surface area contributed by atoms with Gasteiger partial charge in [0.15, 0.2) is 0 Å². The second-order valence-corrected chi connectivity index (χ2v) is 7.63. The Bertz CT molecular complexity index is 828. The van der Waals surface area contributed by atoms with Gasteiger partial charge in [0.25, 0.3) is 0 Å². The molecule has 7 nitrogen and oxygen atoms in total. The highest BCUT2D eigenvalue weighted by molar-refractivity contribution is 5.79. The van der Waals surface area contributed by atoms with Crippen LogP contribution in [-0.4, -0.2) is 52.0 Å². The molecule has 0 unspecified atom stereocenters. The molecule has 1 aliphatic rings. The van der Waals surface area contributed by atoms with E-state index in [2.05, 4.69) is 26.7 Å². The minimum Gasteiger partial charge on any atom is -0.352 e. The summed E-state index contributed by atoms with van der Waals surface area (Å²) >= 11 is 0. The van der Waals surface area contributed by atoms with E-state index in [4.69, 9.17) is 5.26 Å². The smallest absolute Gasteiger partial charge is 0.237 e. The van der Waals surface area contributed by atoms with Gasteiger partial charge in [-0.25, -0.2) is 9.97 Å². The lowest BCUT2D eigenvalue weighted by molar-refractivity contribution is -0.130. The van der Waals surface area contributed by atoms with Crippen LogP contribution in [0.3, 0.4) is 0 Å². The molecule has 7 heteroatoms.